The van der Waals surface area contributed by atoms with Gasteiger partial charge in [0.2, 0.25) is 5.91 Å². The Balaban J connectivity index is 1.54. The second kappa shape index (κ2) is 7.85. The summed E-state index contributed by atoms with van der Waals surface area (Å²) in [6.07, 6.45) is 0.204. The molecule has 0 fully saturated rings. The van der Waals surface area contributed by atoms with Crippen LogP contribution in [0.3, 0.4) is 0 Å². The van der Waals surface area contributed by atoms with Gasteiger partial charge in [0, 0.05) is 33.9 Å². The summed E-state index contributed by atoms with van der Waals surface area (Å²) in [5.74, 6) is -0.137. The van der Waals surface area contributed by atoms with Gasteiger partial charge in [0.05, 0.1) is 21.9 Å². The molecule has 0 aliphatic carbocycles. The molecule has 2 aromatic heterocycles. The minimum absolute atomic E-state index is 0.0327. The number of benzene rings is 1. The fourth-order valence-corrected chi connectivity index (χ4v) is 4.42. The first kappa shape index (κ1) is 17.7. The molecule has 0 radical (unpaired) electrons. The number of thiophene rings is 1. The summed E-state index contributed by atoms with van der Waals surface area (Å²) in [5, 5.41) is 18.2. The van der Waals surface area contributed by atoms with Gasteiger partial charge in [0.15, 0.2) is 0 Å². The average Bonchev–Trinajstić information content (AvgIpc) is 3.22. The molecule has 1 aromatic carbocycles. The van der Waals surface area contributed by atoms with Crippen LogP contribution in [0.2, 0.25) is 0 Å². The molecule has 0 aliphatic rings. The molecule has 1 amide bonds. The second-order valence-electron chi connectivity index (χ2n) is 5.15. The fourth-order valence-electron chi connectivity index (χ4n) is 2.09. The normalized spacial score (nSPS) is 10.6. The smallest absolute Gasteiger partial charge is 0.269 e. The lowest BCUT2D eigenvalue weighted by molar-refractivity contribution is -0.384. The summed E-state index contributed by atoms with van der Waals surface area (Å²) < 4.78 is 1.02. The molecule has 0 saturated carbocycles. The summed E-state index contributed by atoms with van der Waals surface area (Å²) in [5.41, 5.74) is 1.57. The SMILES string of the molecule is O=C(Cc1csc(-c2cc(Br)cs2)n1)NCc1ccc([N+](=O)[O-])cc1. The van der Waals surface area contributed by atoms with E-state index in [2.05, 4.69) is 26.2 Å². The van der Waals surface area contributed by atoms with E-state index in [9.17, 15) is 14.9 Å². The summed E-state index contributed by atoms with van der Waals surface area (Å²) in [6.45, 7) is 0.325. The Kier molecular flexibility index (Phi) is 5.57. The van der Waals surface area contributed by atoms with Gasteiger partial charge < -0.3 is 5.32 Å². The predicted octanol–water partition coefficient (Wildman–Crippen LogP) is 4.40. The van der Waals surface area contributed by atoms with Crippen LogP contribution in [0.25, 0.3) is 9.88 Å². The number of nitro groups is 1. The number of thiazole rings is 1. The van der Waals surface area contributed by atoms with Crippen molar-refractivity contribution in [3.05, 3.63) is 66.9 Å². The zero-order valence-electron chi connectivity index (χ0n) is 12.8. The number of halogens is 1. The monoisotopic (exact) mass is 437 g/mol. The van der Waals surface area contributed by atoms with Crippen molar-refractivity contribution in [3.63, 3.8) is 0 Å². The van der Waals surface area contributed by atoms with Crippen LogP contribution in [0.1, 0.15) is 11.3 Å². The molecule has 6 nitrogen and oxygen atoms in total. The molecule has 0 spiro atoms. The molecular weight excluding hydrogens is 426 g/mol. The van der Waals surface area contributed by atoms with Gasteiger partial charge in [0.1, 0.15) is 5.01 Å². The Morgan fingerprint density at radius 3 is 2.64 bits per heavy atom. The first-order valence-corrected chi connectivity index (χ1v) is 9.75. The van der Waals surface area contributed by atoms with E-state index in [0.717, 1.165) is 25.6 Å². The Bertz CT molecular complexity index is 906. The number of nitro benzene ring substituents is 1. The van der Waals surface area contributed by atoms with E-state index in [0.29, 0.717) is 6.54 Å². The number of nitrogens with zero attached hydrogens (tertiary/aromatic N) is 2. The van der Waals surface area contributed by atoms with E-state index in [1.54, 1.807) is 23.5 Å². The number of rotatable bonds is 6. The van der Waals surface area contributed by atoms with Crippen molar-refractivity contribution >= 4 is 50.2 Å². The highest BCUT2D eigenvalue weighted by Gasteiger charge is 2.11. The number of nitrogens with one attached hydrogen (secondary N) is 1. The minimum Gasteiger partial charge on any atom is -0.352 e. The van der Waals surface area contributed by atoms with Crippen LogP contribution >= 0.6 is 38.6 Å². The lowest BCUT2D eigenvalue weighted by atomic mass is 10.2. The van der Waals surface area contributed by atoms with Crippen molar-refractivity contribution in [2.45, 2.75) is 13.0 Å². The molecule has 0 saturated heterocycles. The van der Waals surface area contributed by atoms with E-state index < -0.39 is 4.92 Å². The third-order valence-electron chi connectivity index (χ3n) is 3.31. The molecule has 3 rings (SSSR count). The quantitative estimate of drug-likeness (QED) is 0.457. The van der Waals surface area contributed by atoms with Gasteiger partial charge in [-0.2, -0.15) is 0 Å². The van der Waals surface area contributed by atoms with E-state index in [1.165, 1.54) is 23.5 Å². The molecule has 9 heteroatoms. The third kappa shape index (κ3) is 4.71. The zero-order chi connectivity index (χ0) is 17.8. The fraction of sp³-hybridized carbons (Fsp3) is 0.125. The first-order valence-electron chi connectivity index (χ1n) is 7.20. The van der Waals surface area contributed by atoms with Crippen LogP contribution in [0.15, 0.2) is 45.6 Å². The van der Waals surface area contributed by atoms with E-state index >= 15 is 0 Å². The molecule has 1 N–H and O–H groups in total. The van der Waals surface area contributed by atoms with Gasteiger partial charge in [-0.25, -0.2) is 4.98 Å². The second-order valence-corrected chi connectivity index (χ2v) is 7.84. The number of non-ortho nitro benzene ring substituents is 1. The summed E-state index contributed by atoms with van der Waals surface area (Å²) in [7, 11) is 0. The number of hydrogen-bond acceptors (Lipinski definition) is 6. The maximum absolute atomic E-state index is 12.1. The highest BCUT2D eigenvalue weighted by Crippen LogP contribution is 2.32. The van der Waals surface area contributed by atoms with Gasteiger partial charge >= 0.3 is 0 Å². The van der Waals surface area contributed by atoms with Gasteiger partial charge in [0.25, 0.3) is 5.69 Å². The molecule has 25 heavy (non-hydrogen) atoms. The highest BCUT2D eigenvalue weighted by atomic mass is 79.9. The van der Waals surface area contributed by atoms with Crippen LogP contribution < -0.4 is 5.32 Å². The topological polar surface area (TPSA) is 85.1 Å². The molecule has 3 aromatic rings. The molecule has 0 bridgehead atoms. The highest BCUT2D eigenvalue weighted by molar-refractivity contribution is 9.10. The van der Waals surface area contributed by atoms with Gasteiger partial charge in [-0.3, -0.25) is 14.9 Å². The Morgan fingerprint density at radius 2 is 2.00 bits per heavy atom. The maximum atomic E-state index is 12.1. The predicted molar refractivity (Wildman–Crippen MR) is 102 cm³/mol. The molecule has 0 unspecified atom stereocenters. The van der Waals surface area contributed by atoms with E-state index in [-0.39, 0.29) is 18.0 Å². The zero-order valence-corrected chi connectivity index (χ0v) is 16.0. The number of carbonyl (C=O) groups excluding carboxylic acids is 1. The van der Waals surface area contributed by atoms with E-state index in [1.807, 2.05) is 16.8 Å². The molecule has 2 heterocycles. The van der Waals surface area contributed by atoms with Crippen LogP contribution in [0.5, 0.6) is 0 Å². The summed E-state index contributed by atoms with van der Waals surface area (Å²) >= 11 is 6.53. The van der Waals surface area contributed by atoms with Crippen molar-refractivity contribution < 1.29 is 9.72 Å². The average molecular weight is 438 g/mol. The molecule has 128 valence electrons. The van der Waals surface area contributed by atoms with Crippen LogP contribution in [-0.4, -0.2) is 15.8 Å². The molecule has 0 atom stereocenters. The lowest BCUT2D eigenvalue weighted by Gasteiger charge is -2.04. The number of carbonyl (C=O) groups is 1. The largest absolute Gasteiger partial charge is 0.352 e. The van der Waals surface area contributed by atoms with Crippen molar-refractivity contribution in [1.82, 2.24) is 10.3 Å². The van der Waals surface area contributed by atoms with Crippen molar-refractivity contribution in [1.29, 1.82) is 0 Å². The van der Waals surface area contributed by atoms with Gasteiger partial charge in [-0.05, 0) is 27.6 Å². The van der Waals surface area contributed by atoms with Crippen LogP contribution in [0, 0.1) is 10.1 Å². The van der Waals surface area contributed by atoms with E-state index in [4.69, 9.17) is 0 Å². The Labute approximate surface area is 159 Å². The third-order valence-corrected chi connectivity index (χ3v) is 6.06. The van der Waals surface area contributed by atoms with Crippen molar-refractivity contribution in [3.8, 4) is 9.88 Å². The Hall–Kier alpha value is -2.10. The summed E-state index contributed by atoms with van der Waals surface area (Å²) in [4.78, 5) is 27.8. The maximum Gasteiger partial charge on any atom is 0.269 e. The van der Waals surface area contributed by atoms with Crippen molar-refractivity contribution in [2.75, 3.05) is 0 Å². The standard InChI is InChI=1S/C16H12BrN3O3S2/c17-11-5-14(24-8-11)16-19-12(9-25-16)6-15(21)18-7-10-1-3-13(4-2-10)20(22)23/h1-5,8-9H,6-7H2,(H,18,21). The number of hydrogen-bond donors (Lipinski definition) is 1. The number of amides is 1. The van der Waals surface area contributed by atoms with Crippen LogP contribution in [0.4, 0.5) is 5.69 Å². The number of aromatic nitrogens is 1. The van der Waals surface area contributed by atoms with Crippen molar-refractivity contribution in [2.24, 2.45) is 0 Å². The molecule has 0 aliphatic heterocycles. The minimum atomic E-state index is -0.450. The lowest BCUT2D eigenvalue weighted by Crippen LogP contribution is -2.24. The van der Waals surface area contributed by atoms with Crippen LogP contribution in [-0.2, 0) is 17.8 Å². The first-order chi connectivity index (χ1) is 12.0. The Morgan fingerprint density at radius 1 is 1.24 bits per heavy atom. The van der Waals surface area contributed by atoms with Gasteiger partial charge in [-0.15, -0.1) is 22.7 Å². The molecular formula is C16H12BrN3O3S2. The summed E-state index contributed by atoms with van der Waals surface area (Å²) in [6, 6.07) is 8.12. The van der Waals surface area contributed by atoms with Gasteiger partial charge in [-0.1, -0.05) is 12.1 Å².